The van der Waals surface area contributed by atoms with Gasteiger partial charge in [-0.05, 0) is 30.7 Å². The van der Waals surface area contributed by atoms with E-state index in [0.717, 1.165) is 17.0 Å². The molecule has 2 aromatic heterocycles. The average Bonchev–Trinajstić information content (AvgIpc) is 2.34. The van der Waals surface area contributed by atoms with E-state index in [0.29, 0.717) is 13.1 Å². The largest absolute Gasteiger partial charge is 0.305 e. The topological polar surface area (TPSA) is 37.8 Å². The Balaban J connectivity index is 1.90. The molecule has 5 heteroatoms. The summed E-state index contributed by atoms with van der Waals surface area (Å²) in [4.78, 5) is 7.93. The molecular formula is C13H13F2N3. The molecule has 94 valence electrons. The molecule has 2 heterocycles. The Labute approximate surface area is 104 Å². The number of hydrogen-bond acceptors (Lipinski definition) is 3. The minimum atomic E-state index is -0.352. The van der Waals surface area contributed by atoms with Crippen molar-refractivity contribution in [2.24, 2.45) is 0 Å². The van der Waals surface area contributed by atoms with Crippen LogP contribution in [0.25, 0.3) is 0 Å². The van der Waals surface area contributed by atoms with Gasteiger partial charge in [0, 0.05) is 13.1 Å². The first-order chi connectivity index (χ1) is 8.65. The van der Waals surface area contributed by atoms with Crippen LogP contribution in [-0.2, 0) is 13.1 Å². The molecule has 0 amide bonds. The highest BCUT2D eigenvalue weighted by molar-refractivity contribution is 5.18. The summed E-state index contributed by atoms with van der Waals surface area (Å²) in [5.41, 5.74) is 2.34. The summed E-state index contributed by atoms with van der Waals surface area (Å²) in [6, 6.07) is 4.43. The van der Waals surface area contributed by atoms with Gasteiger partial charge in [0.2, 0.25) is 0 Å². The Hall–Kier alpha value is -1.88. The summed E-state index contributed by atoms with van der Waals surface area (Å²) in [5, 5.41) is 3.13. The Morgan fingerprint density at radius 2 is 1.83 bits per heavy atom. The minimum absolute atomic E-state index is 0.337. The van der Waals surface area contributed by atoms with Crippen molar-refractivity contribution in [3.8, 4) is 0 Å². The molecule has 0 saturated heterocycles. The number of hydrogen-bond donors (Lipinski definition) is 1. The summed E-state index contributed by atoms with van der Waals surface area (Å²) in [5.74, 6) is -0.689. The number of nitrogens with zero attached hydrogens (tertiary/aromatic N) is 2. The van der Waals surface area contributed by atoms with Crippen molar-refractivity contribution in [3.63, 3.8) is 0 Å². The summed E-state index contributed by atoms with van der Waals surface area (Å²) in [7, 11) is 0. The second-order valence-corrected chi connectivity index (χ2v) is 3.99. The maximum Gasteiger partial charge on any atom is 0.141 e. The number of pyridine rings is 2. The fourth-order valence-corrected chi connectivity index (χ4v) is 1.57. The van der Waals surface area contributed by atoms with Gasteiger partial charge in [-0.3, -0.25) is 9.97 Å². The first-order valence-electron chi connectivity index (χ1n) is 5.57. The second kappa shape index (κ2) is 5.64. The van der Waals surface area contributed by atoms with E-state index in [-0.39, 0.29) is 11.6 Å². The van der Waals surface area contributed by atoms with Crippen LogP contribution in [0, 0.1) is 18.6 Å². The zero-order chi connectivity index (χ0) is 13.0. The normalized spacial score (nSPS) is 10.6. The molecule has 0 aliphatic carbocycles. The van der Waals surface area contributed by atoms with Crippen molar-refractivity contribution in [1.82, 2.24) is 15.3 Å². The fraction of sp³-hybridized carbons (Fsp3) is 0.231. The molecule has 0 aliphatic rings. The standard InChI is InChI=1S/C13H13F2N3/c1-9-4-11(15)6-18-13(9)8-16-7-12-3-2-10(14)5-17-12/h2-6,16H,7-8H2,1H3. The predicted octanol–water partition coefficient (Wildman–Crippen LogP) is 2.35. The Morgan fingerprint density at radius 1 is 1.06 bits per heavy atom. The molecule has 0 saturated carbocycles. The number of aryl methyl sites for hydroxylation is 1. The van der Waals surface area contributed by atoms with Gasteiger partial charge >= 0.3 is 0 Å². The van der Waals surface area contributed by atoms with Crippen LogP contribution in [0.2, 0.25) is 0 Å². The SMILES string of the molecule is Cc1cc(F)cnc1CNCc1ccc(F)cn1. The van der Waals surface area contributed by atoms with Crippen LogP contribution in [0.5, 0.6) is 0 Å². The number of rotatable bonds is 4. The zero-order valence-corrected chi connectivity index (χ0v) is 9.95. The van der Waals surface area contributed by atoms with Gasteiger partial charge < -0.3 is 5.32 Å². The number of aromatic nitrogens is 2. The molecule has 0 fully saturated rings. The summed E-state index contributed by atoms with van der Waals surface area (Å²) >= 11 is 0. The molecule has 18 heavy (non-hydrogen) atoms. The highest BCUT2D eigenvalue weighted by Gasteiger charge is 2.02. The van der Waals surface area contributed by atoms with Crippen molar-refractivity contribution in [1.29, 1.82) is 0 Å². The highest BCUT2D eigenvalue weighted by atomic mass is 19.1. The van der Waals surface area contributed by atoms with Gasteiger partial charge in [0.05, 0.1) is 23.8 Å². The molecule has 2 aromatic rings. The van der Waals surface area contributed by atoms with Crippen LogP contribution in [0.3, 0.4) is 0 Å². The summed E-state index contributed by atoms with van der Waals surface area (Å²) < 4.78 is 25.5. The van der Waals surface area contributed by atoms with Gasteiger partial charge in [0.15, 0.2) is 0 Å². The van der Waals surface area contributed by atoms with E-state index < -0.39 is 0 Å². The Morgan fingerprint density at radius 3 is 2.50 bits per heavy atom. The lowest BCUT2D eigenvalue weighted by Gasteiger charge is -2.06. The number of halogens is 2. The molecule has 0 atom stereocenters. The van der Waals surface area contributed by atoms with Crippen LogP contribution >= 0.6 is 0 Å². The lowest BCUT2D eigenvalue weighted by atomic mass is 10.2. The smallest absolute Gasteiger partial charge is 0.141 e. The molecule has 0 unspecified atom stereocenters. The highest BCUT2D eigenvalue weighted by Crippen LogP contribution is 2.06. The van der Waals surface area contributed by atoms with Gasteiger partial charge in [0.1, 0.15) is 11.6 Å². The molecule has 0 bridgehead atoms. The lowest BCUT2D eigenvalue weighted by molar-refractivity contribution is 0.605. The van der Waals surface area contributed by atoms with Gasteiger partial charge in [-0.15, -0.1) is 0 Å². The van der Waals surface area contributed by atoms with Crippen LogP contribution in [0.4, 0.5) is 8.78 Å². The van der Waals surface area contributed by atoms with Crippen LogP contribution in [0.15, 0.2) is 30.6 Å². The van der Waals surface area contributed by atoms with Gasteiger partial charge in [0.25, 0.3) is 0 Å². The Bertz CT molecular complexity index is 526. The molecule has 0 aliphatic heterocycles. The molecule has 0 radical (unpaired) electrons. The van der Waals surface area contributed by atoms with E-state index in [2.05, 4.69) is 15.3 Å². The zero-order valence-electron chi connectivity index (χ0n) is 9.95. The van der Waals surface area contributed by atoms with Gasteiger partial charge in [-0.1, -0.05) is 0 Å². The quantitative estimate of drug-likeness (QED) is 0.903. The van der Waals surface area contributed by atoms with Crippen molar-refractivity contribution < 1.29 is 8.78 Å². The summed E-state index contributed by atoms with van der Waals surface area (Å²) in [6.07, 6.45) is 2.37. The average molecular weight is 249 g/mol. The van der Waals surface area contributed by atoms with Gasteiger partial charge in [-0.25, -0.2) is 8.78 Å². The molecular weight excluding hydrogens is 236 g/mol. The van der Waals surface area contributed by atoms with Crippen molar-refractivity contribution in [2.75, 3.05) is 0 Å². The molecule has 1 N–H and O–H groups in total. The molecule has 0 spiro atoms. The Kier molecular flexibility index (Phi) is 3.94. The van der Waals surface area contributed by atoms with Crippen molar-refractivity contribution in [2.45, 2.75) is 20.0 Å². The lowest BCUT2D eigenvalue weighted by Crippen LogP contribution is -2.15. The maximum absolute atomic E-state index is 12.8. The second-order valence-electron chi connectivity index (χ2n) is 3.99. The first kappa shape index (κ1) is 12.6. The monoisotopic (exact) mass is 249 g/mol. The third-order valence-corrected chi connectivity index (χ3v) is 2.54. The molecule has 0 aromatic carbocycles. The summed E-state index contributed by atoms with van der Waals surface area (Å²) in [6.45, 7) is 2.84. The first-order valence-corrected chi connectivity index (χ1v) is 5.57. The van der Waals surface area contributed by atoms with E-state index in [1.807, 2.05) is 6.92 Å². The van der Waals surface area contributed by atoms with Crippen LogP contribution in [-0.4, -0.2) is 9.97 Å². The predicted molar refractivity (Wildman–Crippen MR) is 63.7 cm³/mol. The van der Waals surface area contributed by atoms with Gasteiger partial charge in [-0.2, -0.15) is 0 Å². The maximum atomic E-state index is 12.8. The van der Waals surface area contributed by atoms with E-state index in [1.165, 1.54) is 24.5 Å². The third-order valence-electron chi connectivity index (χ3n) is 2.54. The number of nitrogens with one attached hydrogen (secondary N) is 1. The van der Waals surface area contributed by atoms with E-state index in [9.17, 15) is 8.78 Å². The van der Waals surface area contributed by atoms with E-state index in [4.69, 9.17) is 0 Å². The third kappa shape index (κ3) is 3.30. The van der Waals surface area contributed by atoms with Crippen molar-refractivity contribution in [3.05, 3.63) is 59.2 Å². The van der Waals surface area contributed by atoms with E-state index >= 15 is 0 Å². The fourth-order valence-electron chi connectivity index (χ4n) is 1.57. The minimum Gasteiger partial charge on any atom is -0.305 e. The van der Waals surface area contributed by atoms with E-state index in [1.54, 1.807) is 6.07 Å². The van der Waals surface area contributed by atoms with Crippen molar-refractivity contribution >= 4 is 0 Å². The molecule has 3 nitrogen and oxygen atoms in total. The van der Waals surface area contributed by atoms with Crippen LogP contribution in [0.1, 0.15) is 17.0 Å². The molecule has 2 rings (SSSR count). The van der Waals surface area contributed by atoms with Crippen LogP contribution < -0.4 is 5.32 Å².